The molecule has 120 valence electrons. The van der Waals surface area contributed by atoms with Crippen LogP contribution in [0.1, 0.15) is 24.4 Å². The second kappa shape index (κ2) is 5.91. The number of carbonyl (C=O) groups excluding carboxylic acids is 1. The van der Waals surface area contributed by atoms with Crippen LogP contribution in [0, 0.1) is 0 Å². The van der Waals surface area contributed by atoms with Crippen molar-refractivity contribution in [3.63, 3.8) is 0 Å². The lowest BCUT2D eigenvalue weighted by molar-refractivity contribution is -0.139. The van der Waals surface area contributed by atoms with Gasteiger partial charge in [0.15, 0.2) is 0 Å². The number of hydrogen-bond donors (Lipinski definition) is 2. The number of rotatable bonds is 5. The van der Waals surface area contributed by atoms with Crippen molar-refractivity contribution in [3.8, 4) is 5.75 Å². The Morgan fingerprint density at radius 3 is 2.64 bits per heavy atom. The van der Waals surface area contributed by atoms with Crippen LogP contribution in [-0.2, 0) is 19.8 Å². The molecule has 1 saturated heterocycles. The summed E-state index contributed by atoms with van der Waals surface area (Å²) in [6.07, 6.45) is -0.998. The number of phenols is 1. The Hall–Kier alpha value is -2.16. The summed E-state index contributed by atoms with van der Waals surface area (Å²) < 4.78 is 35.0. The molecule has 2 N–H and O–H groups in total. The largest absolute Gasteiger partial charge is 0.508 e. The van der Waals surface area contributed by atoms with E-state index in [1.54, 1.807) is 0 Å². The van der Waals surface area contributed by atoms with E-state index >= 15 is 0 Å². The van der Waals surface area contributed by atoms with Crippen LogP contribution in [-0.4, -0.2) is 47.2 Å². The number of halogens is 1. The van der Waals surface area contributed by atoms with Crippen LogP contribution in [0.25, 0.3) is 0 Å². The fraction of sp³-hybridized carbons (Fsp3) is 0.385. The van der Waals surface area contributed by atoms with E-state index in [4.69, 9.17) is 5.11 Å². The number of likely N-dealkylation sites (tertiary alicyclic amines) is 1. The molecule has 0 aromatic heterocycles. The third kappa shape index (κ3) is 3.53. The van der Waals surface area contributed by atoms with Gasteiger partial charge in [-0.3, -0.25) is 9.59 Å². The SMILES string of the molecule is O=C(O)CC(c1cccc(O)c1)N1CC(S(=O)(=O)F)CC1=O. The molecule has 2 atom stereocenters. The number of carboxylic acid groups (broad SMARTS) is 1. The maximum atomic E-state index is 13.1. The average molecular weight is 331 g/mol. The summed E-state index contributed by atoms with van der Waals surface area (Å²) in [5.41, 5.74) is 0.340. The second-order valence-corrected chi connectivity index (χ2v) is 6.67. The zero-order valence-corrected chi connectivity index (χ0v) is 12.2. The van der Waals surface area contributed by atoms with E-state index in [1.165, 1.54) is 24.3 Å². The average Bonchev–Trinajstić information content (AvgIpc) is 2.77. The molecule has 9 heteroatoms. The van der Waals surface area contributed by atoms with Gasteiger partial charge in [-0.1, -0.05) is 12.1 Å². The summed E-state index contributed by atoms with van der Waals surface area (Å²) >= 11 is 0. The lowest BCUT2D eigenvalue weighted by Gasteiger charge is -2.27. The number of aliphatic carboxylic acids is 1. The third-order valence-electron chi connectivity index (χ3n) is 3.52. The minimum Gasteiger partial charge on any atom is -0.508 e. The number of nitrogens with zero attached hydrogens (tertiary/aromatic N) is 1. The third-order valence-corrected chi connectivity index (χ3v) is 4.63. The standard InChI is InChI=1S/C13H14FNO6S/c14-22(20,21)10-5-12(17)15(7-10)11(6-13(18)19)8-2-1-3-9(16)4-8/h1-4,10-11,16H,5-7H2,(H,18,19). The monoisotopic (exact) mass is 331 g/mol. The molecule has 1 aliphatic rings. The van der Waals surface area contributed by atoms with Crippen molar-refractivity contribution in [3.05, 3.63) is 29.8 Å². The quantitative estimate of drug-likeness (QED) is 0.772. The molecule has 2 rings (SSSR count). The first-order valence-electron chi connectivity index (χ1n) is 6.42. The molecule has 22 heavy (non-hydrogen) atoms. The Bertz CT molecular complexity index is 704. The van der Waals surface area contributed by atoms with Gasteiger partial charge in [0.1, 0.15) is 11.0 Å². The van der Waals surface area contributed by atoms with Gasteiger partial charge in [0.05, 0.1) is 12.5 Å². The highest BCUT2D eigenvalue weighted by molar-refractivity contribution is 7.87. The highest BCUT2D eigenvalue weighted by Crippen LogP contribution is 2.32. The molecule has 0 bridgehead atoms. The molecule has 1 aliphatic heterocycles. The number of hydrogen-bond acceptors (Lipinski definition) is 5. The molecule has 0 saturated carbocycles. The van der Waals surface area contributed by atoms with Crippen molar-refractivity contribution in [2.75, 3.05) is 6.54 Å². The van der Waals surface area contributed by atoms with Gasteiger partial charge < -0.3 is 15.1 Å². The van der Waals surface area contributed by atoms with Crippen molar-refractivity contribution < 1.29 is 32.1 Å². The van der Waals surface area contributed by atoms with E-state index in [2.05, 4.69) is 0 Å². The molecule has 1 aromatic rings. The smallest absolute Gasteiger partial charge is 0.307 e. The van der Waals surface area contributed by atoms with Crippen molar-refractivity contribution in [2.24, 2.45) is 0 Å². The van der Waals surface area contributed by atoms with Gasteiger partial charge in [-0.05, 0) is 17.7 Å². The van der Waals surface area contributed by atoms with E-state index in [1.807, 2.05) is 0 Å². The number of benzene rings is 1. The minimum atomic E-state index is -4.88. The molecular weight excluding hydrogens is 317 g/mol. The normalized spacial score (nSPS) is 20.1. The van der Waals surface area contributed by atoms with Crippen LogP contribution in [0.4, 0.5) is 3.89 Å². The predicted molar refractivity (Wildman–Crippen MR) is 73.2 cm³/mol. The number of carboxylic acids is 1. The van der Waals surface area contributed by atoms with Crippen molar-refractivity contribution in [1.82, 2.24) is 4.90 Å². The van der Waals surface area contributed by atoms with Gasteiger partial charge in [-0.25, -0.2) is 0 Å². The van der Waals surface area contributed by atoms with Crippen LogP contribution in [0.5, 0.6) is 5.75 Å². The van der Waals surface area contributed by atoms with E-state index < -0.39 is 52.8 Å². The fourth-order valence-corrected chi connectivity index (χ4v) is 3.17. The molecule has 2 unspecified atom stereocenters. The van der Waals surface area contributed by atoms with Crippen LogP contribution < -0.4 is 0 Å². The molecule has 1 fully saturated rings. The first kappa shape index (κ1) is 16.2. The summed E-state index contributed by atoms with van der Waals surface area (Å²) in [6.45, 7) is -0.411. The molecule has 0 radical (unpaired) electrons. The molecule has 7 nitrogen and oxygen atoms in total. The Morgan fingerprint density at radius 1 is 1.45 bits per heavy atom. The van der Waals surface area contributed by atoms with E-state index in [9.17, 15) is 27.0 Å². The topological polar surface area (TPSA) is 112 Å². The maximum absolute atomic E-state index is 13.1. The van der Waals surface area contributed by atoms with Crippen molar-refractivity contribution in [1.29, 1.82) is 0 Å². The summed E-state index contributed by atoms with van der Waals surface area (Å²) in [5.74, 6) is -1.96. The van der Waals surface area contributed by atoms with Gasteiger partial charge in [0.25, 0.3) is 0 Å². The lowest BCUT2D eigenvalue weighted by atomic mass is 10.0. The Balaban J connectivity index is 2.34. The van der Waals surface area contributed by atoms with Crippen LogP contribution in [0.3, 0.4) is 0 Å². The molecule has 1 heterocycles. The van der Waals surface area contributed by atoms with Gasteiger partial charge in [0, 0.05) is 13.0 Å². The molecule has 1 amide bonds. The Morgan fingerprint density at radius 2 is 2.14 bits per heavy atom. The Kier molecular flexibility index (Phi) is 4.36. The summed E-state index contributed by atoms with van der Waals surface area (Å²) in [4.78, 5) is 24.0. The number of aromatic hydroxyl groups is 1. The van der Waals surface area contributed by atoms with Crippen LogP contribution in [0.2, 0.25) is 0 Å². The fourth-order valence-electron chi connectivity index (χ4n) is 2.49. The zero-order chi connectivity index (χ0) is 16.5. The van der Waals surface area contributed by atoms with Crippen LogP contribution >= 0.6 is 0 Å². The van der Waals surface area contributed by atoms with Crippen LogP contribution in [0.15, 0.2) is 24.3 Å². The number of amides is 1. The molecule has 1 aromatic carbocycles. The number of phenolic OH excluding ortho intramolecular Hbond substituents is 1. The van der Waals surface area contributed by atoms with E-state index in [-0.39, 0.29) is 5.75 Å². The maximum Gasteiger partial charge on any atom is 0.307 e. The highest BCUT2D eigenvalue weighted by Gasteiger charge is 2.42. The van der Waals surface area contributed by atoms with E-state index in [0.717, 1.165) is 4.90 Å². The summed E-state index contributed by atoms with van der Waals surface area (Å²) in [6, 6.07) is 4.69. The minimum absolute atomic E-state index is 0.116. The predicted octanol–water partition coefficient (Wildman–Crippen LogP) is 0.808. The second-order valence-electron chi connectivity index (χ2n) is 5.06. The van der Waals surface area contributed by atoms with Gasteiger partial charge in [-0.2, -0.15) is 8.42 Å². The van der Waals surface area contributed by atoms with Gasteiger partial charge in [0.2, 0.25) is 5.91 Å². The highest BCUT2D eigenvalue weighted by atomic mass is 32.3. The molecule has 0 aliphatic carbocycles. The zero-order valence-electron chi connectivity index (χ0n) is 11.3. The molecule has 0 spiro atoms. The van der Waals surface area contributed by atoms with Gasteiger partial charge in [-0.15, -0.1) is 3.89 Å². The summed E-state index contributed by atoms with van der Waals surface area (Å²) in [7, 11) is -4.88. The van der Waals surface area contributed by atoms with E-state index in [0.29, 0.717) is 5.56 Å². The van der Waals surface area contributed by atoms with Crippen molar-refractivity contribution >= 4 is 22.1 Å². The first-order valence-corrected chi connectivity index (χ1v) is 7.87. The number of carbonyl (C=O) groups is 2. The van der Waals surface area contributed by atoms with Crippen molar-refractivity contribution in [2.45, 2.75) is 24.1 Å². The van der Waals surface area contributed by atoms with Gasteiger partial charge >= 0.3 is 16.2 Å². The first-order chi connectivity index (χ1) is 10.2. The summed E-state index contributed by atoms with van der Waals surface area (Å²) in [5, 5.41) is 17.0. The molecular formula is C13H14FNO6S. The Labute approximate surface area is 126 Å². The lowest BCUT2D eigenvalue weighted by Crippen LogP contribution is -2.33.